The van der Waals surface area contributed by atoms with Gasteiger partial charge in [0.15, 0.2) is 17.3 Å². The summed E-state index contributed by atoms with van der Waals surface area (Å²) < 4.78 is 3.66. The molecule has 1 aliphatic rings. The van der Waals surface area contributed by atoms with E-state index >= 15 is 0 Å². The Kier molecular flexibility index (Phi) is 5.68. The second-order valence-corrected chi connectivity index (χ2v) is 8.84. The average Bonchev–Trinajstić information content (AvgIpc) is 3.61. The summed E-state index contributed by atoms with van der Waals surface area (Å²) in [6.07, 6.45) is 14.1. The summed E-state index contributed by atoms with van der Waals surface area (Å²) in [6.45, 7) is 5.87. The number of pyridine rings is 1. The molecular weight excluding hydrogens is 456 g/mol. The van der Waals surface area contributed by atoms with Crippen molar-refractivity contribution >= 4 is 23.1 Å². The fourth-order valence-electron chi connectivity index (χ4n) is 4.60. The Labute approximate surface area is 207 Å². The van der Waals surface area contributed by atoms with Crippen molar-refractivity contribution in [1.29, 1.82) is 0 Å². The zero-order chi connectivity index (χ0) is 24.5. The summed E-state index contributed by atoms with van der Waals surface area (Å²) in [7, 11) is 0. The Bertz CT molecular complexity index is 1470. The van der Waals surface area contributed by atoms with Crippen LogP contribution in [0.25, 0.3) is 11.5 Å². The lowest BCUT2D eigenvalue weighted by Gasteiger charge is -2.31. The van der Waals surface area contributed by atoms with Gasteiger partial charge in [-0.2, -0.15) is 4.68 Å². The third kappa shape index (κ3) is 4.10. The number of nitrogens with one attached hydrogen (secondary N) is 1. The predicted molar refractivity (Wildman–Crippen MR) is 134 cm³/mol. The van der Waals surface area contributed by atoms with Gasteiger partial charge >= 0.3 is 0 Å². The van der Waals surface area contributed by atoms with E-state index in [1.165, 1.54) is 16.7 Å². The molecule has 36 heavy (non-hydrogen) atoms. The van der Waals surface area contributed by atoms with Crippen LogP contribution in [0.4, 0.5) is 17.5 Å². The number of hydrogen-bond acceptors (Lipinski definition) is 10. The molecule has 0 saturated carbocycles. The SMILES string of the molecule is CCc1cnc(N2CCC(c3cnc4c(Nc5ccc(-n6cnnn6)nc5C)nccn34)CC2)nc1. The summed E-state index contributed by atoms with van der Waals surface area (Å²) in [5.74, 6) is 2.55. The van der Waals surface area contributed by atoms with Gasteiger partial charge < -0.3 is 10.2 Å². The van der Waals surface area contributed by atoms with Crippen molar-refractivity contribution in [3.63, 3.8) is 0 Å². The minimum Gasteiger partial charge on any atom is -0.341 e. The van der Waals surface area contributed by atoms with E-state index < -0.39 is 0 Å². The molecule has 0 amide bonds. The van der Waals surface area contributed by atoms with Gasteiger partial charge in [-0.25, -0.2) is 24.9 Å². The van der Waals surface area contributed by atoms with Crippen molar-refractivity contribution in [2.24, 2.45) is 0 Å². The molecule has 0 unspecified atom stereocenters. The van der Waals surface area contributed by atoms with Crippen LogP contribution in [-0.2, 0) is 6.42 Å². The zero-order valence-electron chi connectivity index (χ0n) is 20.2. The zero-order valence-corrected chi connectivity index (χ0v) is 20.2. The van der Waals surface area contributed by atoms with Gasteiger partial charge in [0.25, 0.3) is 0 Å². The quantitative estimate of drug-likeness (QED) is 0.386. The highest BCUT2D eigenvalue weighted by Gasteiger charge is 2.25. The number of imidazole rings is 1. The normalized spacial score (nSPS) is 14.4. The van der Waals surface area contributed by atoms with Crippen LogP contribution in [0, 0.1) is 6.92 Å². The van der Waals surface area contributed by atoms with E-state index in [0.717, 1.165) is 60.9 Å². The number of tetrazole rings is 1. The number of aromatic nitrogens is 10. The second kappa shape index (κ2) is 9.29. The molecule has 1 fully saturated rings. The molecule has 6 heterocycles. The summed E-state index contributed by atoms with van der Waals surface area (Å²) in [5, 5.41) is 14.6. The highest BCUT2D eigenvalue weighted by atomic mass is 15.5. The van der Waals surface area contributed by atoms with Crippen LogP contribution in [0.3, 0.4) is 0 Å². The Morgan fingerprint density at radius 1 is 1.03 bits per heavy atom. The van der Waals surface area contributed by atoms with Crippen molar-refractivity contribution < 1.29 is 0 Å². The average molecular weight is 483 g/mol. The predicted octanol–water partition coefficient (Wildman–Crippen LogP) is 2.89. The lowest BCUT2D eigenvalue weighted by atomic mass is 9.94. The van der Waals surface area contributed by atoms with Gasteiger partial charge in [0, 0.05) is 55.7 Å². The van der Waals surface area contributed by atoms with Crippen LogP contribution in [0.5, 0.6) is 0 Å². The van der Waals surface area contributed by atoms with Crippen LogP contribution in [0.2, 0.25) is 0 Å². The molecule has 0 aromatic carbocycles. The van der Waals surface area contributed by atoms with Crippen LogP contribution in [0.1, 0.15) is 42.6 Å². The van der Waals surface area contributed by atoms with Crippen molar-refractivity contribution in [1.82, 2.24) is 49.5 Å². The van der Waals surface area contributed by atoms with Crippen molar-refractivity contribution in [2.75, 3.05) is 23.3 Å². The minimum atomic E-state index is 0.403. The monoisotopic (exact) mass is 482 g/mol. The maximum absolute atomic E-state index is 4.72. The molecule has 0 aliphatic carbocycles. The van der Waals surface area contributed by atoms with Gasteiger partial charge in [-0.05, 0) is 54.3 Å². The van der Waals surface area contributed by atoms with Gasteiger partial charge in [-0.3, -0.25) is 4.40 Å². The van der Waals surface area contributed by atoms with Crippen LogP contribution >= 0.6 is 0 Å². The molecule has 12 heteroatoms. The summed E-state index contributed by atoms with van der Waals surface area (Å²) in [4.78, 5) is 25.3. The first-order valence-electron chi connectivity index (χ1n) is 12.1. The highest BCUT2D eigenvalue weighted by molar-refractivity contribution is 5.71. The molecule has 5 aromatic rings. The number of rotatable bonds is 6. The number of hydrogen-bond donors (Lipinski definition) is 1. The van der Waals surface area contributed by atoms with E-state index in [-0.39, 0.29) is 0 Å². The van der Waals surface area contributed by atoms with E-state index in [1.807, 2.05) is 43.8 Å². The van der Waals surface area contributed by atoms with Crippen LogP contribution < -0.4 is 10.2 Å². The molecule has 1 aliphatic heterocycles. The van der Waals surface area contributed by atoms with Gasteiger partial charge in [-0.1, -0.05) is 6.92 Å². The van der Waals surface area contributed by atoms with Gasteiger partial charge in [-0.15, -0.1) is 5.10 Å². The van der Waals surface area contributed by atoms with Gasteiger partial charge in [0.05, 0.1) is 11.4 Å². The lowest BCUT2D eigenvalue weighted by Crippen LogP contribution is -2.34. The van der Waals surface area contributed by atoms with Crippen molar-refractivity contribution in [3.05, 3.63) is 66.4 Å². The topological polar surface area (TPSA) is 128 Å². The summed E-state index contributed by atoms with van der Waals surface area (Å²) in [5.41, 5.74) is 4.80. The Morgan fingerprint density at radius 2 is 1.86 bits per heavy atom. The van der Waals surface area contributed by atoms with Crippen molar-refractivity contribution in [3.8, 4) is 5.82 Å². The van der Waals surface area contributed by atoms with Gasteiger partial charge in [0.1, 0.15) is 6.33 Å². The molecule has 1 saturated heterocycles. The molecule has 6 rings (SSSR count). The summed E-state index contributed by atoms with van der Waals surface area (Å²) >= 11 is 0. The molecule has 0 spiro atoms. The van der Waals surface area contributed by atoms with Crippen molar-refractivity contribution in [2.45, 2.75) is 39.0 Å². The third-order valence-corrected chi connectivity index (χ3v) is 6.66. The van der Waals surface area contributed by atoms with E-state index in [2.05, 4.69) is 57.0 Å². The molecule has 5 aromatic heterocycles. The number of piperidine rings is 1. The maximum Gasteiger partial charge on any atom is 0.225 e. The maximum atomic E-state index is 4.72. The van der Waals surface area contributed by atoms with Crippen LogP contribution in [-0.4, -0.2) is 62.6 Å². The van der Waals surface area contributed by atoms with E-state index in [4.69, 9.17) is 4.98 Å². The molecule has 0 atom stereocenters. The molecule has 0 bridgehead atoms. The smallest absolute Gasteiger partial charge is 0.225 e. The van der Waals surface area contributed by atoms with E-state index in [9.17, 15) is 0 Å². The largest absolute Gasteiger partial charge is 0.341 e. The molecular formula is C24H26N12. The minimum absolute atomic E-state index is 0.403. The first kappa shape index (κ1) is 22.0. The number of aryl methyl sites for hydroxylation is 2. The standard InChI is InChI=1S/C24H26N12/c1-3-17-12-27-24(28-13-17)34-9-6-18(7-10-34)20-14-26-23-22(25-8-11-35(20)23)31-19-4-5-21(30-16(19)2)36-15-29-32-33-36/h4-5,8,11-15,18H,3,6-7,9-10H2,1-2H3,(H,25,31). The second-order valence-electron chi connectivity index (χ2n) is 8.84. The molecule has 12 nitrogen and oxygen atoms in total. The Morgan fingerprint density at radius 3 is 2.58 bits per heavy atom. The fraction of sp³-hybridized carbons (Fsp3) is 0.333. The molecule has 1 N–H and O–H groups in total. The Balaban J connectivity index is 1.19. The summed E-state index contributed by atoms with van der Waals surface area (Å²) in [6, 6.07) is 3.80. The first-order valence-corrected chi connectivity index (χ1v) is 12.1. The van der Waals surface area contributed by atoms with E-state index in [0.29, 0.717) is 17.6 Å². The van der Waals surface area contributed by atoms with Crippen LogP contribution in [0.15, 0.2) is 49.4 Å². The number of nitrogens with zero attached hydrogens (tertiary/aromatic N) is 11. The van der Waals surface area contributed by atoms with E-state index in [1.54, 1.807) is 6.20 Å². The molecule has 182 valence electrons. The third-order valence-electron chi connectivity index (χ3n) is 6.66. The Hall–Kier alpha value is -4.48. The highest BCUT2D eigenvalue weighted by Crippen LogP contribution is 2.31. The number of anilines is 3. The first-order chi connectivity index (χ1) is 17.7. The fourth-order valence-corrected chi connectivity index (χ4v) is 4.60. The lowest BCUT2D eigenvalue weighted by molar-refractivity contribution is 0.488. The molecule has 0 radical (unpaired) electrons. The van der Waals surface area contributed by atoms with Gasteiger partial charge in [0.2, 0.25) is 5.95 Å². The number of fused-ring (bicyclic) bond motifs is 1.